The summed E-state index contributed by atoms with van der Waals surface area (Å²) in [6.45, 7) is 5.31. The number of methoxy groups -OCH3 is 1. The van der Waals surface area contributed by atoms with Gasteiger partial charge in [-0.05, 0) is 37.5 Å². The van der Waals surface area contributed by atoms with E-state index in [9.17, 15) is 4.79 Å². The molecular weight excluding hydrogens is 252 g/mol. The lowest BCUT2D eigenvalue weighted by molar-refractivity contribution is -0.119. The molecule has 0 aliphatic carbocycles. The second kappa shape index (κ2) is 8.72. The Bertz CT molecular complexity index is 403. The van der Waals surface area contributed by atoms with Crippen LogP contribution in [0.15, 0.2) is 24.3 Å². The maximum atomic E-state index is 12.4. The number of hydrogen-bond donors (Lipinski definition) is 1. The van der Waals surface area contributed by atoms with Gasteiger partial charge in [0.2, 0.25) is 5.91 Å². The smallest absolute Gasteiger partial charge is 0.227 e. The summed E-state index contributed by atoms with van der Waals surface area (Å²) in [5.74, 6) is 0.149. The number of carbonyl (C=O) groups excluding carboxylic acids is 1. The van der Waals surface area contributed by atoms with Crippen LogP contribution in [0.1, 0.15) is 38.7 Å². The van der Waals surface area contributed by atoms with Crippen LogP contribution >= 0.6 is 0 Å². The van der Waals surface area contributed by atoms with E-state index in [1.165, 1.54) is 0 Å². The number of nitrogens with two attached hydrogens (primary N) is 1. The summed E-state index contributed by atoms with van der Waals surface area (Å²) in [5.41, 5.74) is 7.61. The maximum absolute atomic E-state index is 12.4. The minimum atomic E-state index is 0.113. The fourth-order valence-electron chi connectivity index (χ4n) is 2.01. The zero-order chi connectivity index (χ0) is 15.0. The van der Waals surface area contributed by atoms with E-state index in [0.717, 1.165) is 30.6 Å². The number of rotatable bonds is 8. The average molecular weight is 278 g/mol. The molecule has 0 aliphatic heterocycles. The molecule has 0 aliphatic rings. The van der Waals surface area contributed by atoms with Gasteiger partial charge in [-0.2, -0.15) is 0 Å². The summed E-state index contributed by atoms with van der Waals surface area (Å²) in [6.07, 6.45) is 2.30. The van der Waals surface area contributed by atoms with E-state index in [2.05, 4.69) is 6.92 Å². The number of benzene rings is 1. The van der Waals surface area contributed by atoms with Gasteiger partial charge in [0.25, 0.3) is 0 Å². The van der Waals surface area contributed by atoms with Crippen molar-refractivity contribution in [1.82, 2.24) is 0 Å². The average Bonchev–Trinajstić information content (AvgIpc) is 2.50. The standard InChI is InChI=1S/C16H26N2O2/c1-4-11-18(16(19)10-5-13(2)20-3)15-8-6-14(12-17)7-9-15/h6-9,13H,4-5,10-12,17H2,1-3H3. The van der Waals surface area contributed by atoms with Gasteiger partial charge in [-0.15, -0.1) is 0 Å². The molecule has 1 unspecified atom stereocenters. The van der Waals surface area contributed by atoms with Crippen molar-refractivity contribution in [3.63, 3.8) is 0 Å². The van der Waals surface area contributed by atoms with Gasteiger partial charge in [-0.3, -0.25) is 4.79 Å². The molecule has 2 N–H and O–H groups in total. The first kappa shape index (κ1) is 16.7. The molecule has 0 aromatic heterocycles. The first-order valence-electron chi connectivity index (χ1n) is 7.24. The summed E-state index contributed by atoms with van der Waals surface area (Å²) < 4.78 is 5.19. The minimum absolute atomic E-state index is 0.113. The maximum Gasteiger partial charge on any atom is 0.227 e. The Kier molecular flexibility index (Phi) is 7.26. The molecule has 0 saturated heterocycles. The van der Waals surface area contributed by atoms with Crippen molar-refractivity contribution in [3.05, 3.63) is 29.8 Å². The van der Waals surface area contributed by atoms with Crippen LogP contribution in [0.4, 0.5) is 5.69 Å². The highest BCUT2D eigenvalue weighted by atomic mass is 16.5. The molecule has 20 heavy (non-hydrogen) atoms. The van der Waals surface area contributed by atoms with Gasteiger partial charge in [0, 0.05) is 32.3 Å². The molecule has 0 saturated carbocycles. The molecule has 0 fully saturated rings. The van der Waals surface area contributed by atoms with Crippen LogP contribution in [-0.2, 0) is 16.1 Å². The highest BCUT2D eigenvalue weighted by Crippen LogP contribution is 2.18. The van der Waals surface area contributed by atoms with E-state index in [1.54, 1.807) is 7.11 Å². The molecule has 112 valence electrons. The van der Waals surface area contributed by atoms with Crippen molar-refractivity contribution in [2.24, 2.45) is 5.73 Å². The SMILES string of the molecule is CCCN(C(=O)CCC(C)OC)c1ccc(CN)cc1. The van der Waals surface area contributed by atoms with E-state index >= 15 is 0 Å². The van der Waals surface area contributed by atoms with Crippen LogP contribution in [0.25, 0.3) is 0 Å². The molecule has 4 nitrogen and oxygen atoms in total. The number of anilines is 1. The Balaban J connectivity index is 2.73. The molecule has 1 aromatic rings. The Morgan fingerprint density at radius 2 is 2.00 bits per heavy atom. The molecule has 1 amide bonds. The zero-order valence-corrected chi connectivity index (χ0v) is 12.8. The van der Waals surface area contributed by atoms with Crippen molar-refractivity contribution in [1.29, 1.82) is 0 Å². The van der Waals surface area contributed by atoms with Crippen LogP contribution in [0, 0.1) is 0 Å². The largest absolute Gasteiger partial charge is 0.382 e. The second-order valence-corrected chi connectivity index (χ2v) is 5.00. The van der Waals surface area contributed by atoms with Gasteiger partial charge in [-0.25, -0.2) is 0 Å². The molecule has 4 heteroatoms. The third kappa shape index (κ3) is 4.94. The summed E-state index contributed by atoms with van der Waals surface area (Å²) >= 11 is 0. The Labute approximate surface area is 121 Å². The van der Waals surface area contributed by atoms with Crippen molar-refractivity contribution in [2.45, 2.75) is 45.8 Å². The molecule has 0 spiro atoms. The number of amides is 1. The molecular formula is C16H26N2O2. The molecule has 1 atom stereocenters. The highest BCUT2D eigenvalue weighted by molar-refractivity contribution is 5.93. The third-order valence-electron chi connectivity index (χ3n) is 3.40. The van der Waals surface area contributed by atoms with E-state index in [1.807, 2.05) is 36.1 Å². The monoisotopic (exact) mass is 278 g/mol. The summed E-state index contributed by atoms with van der Waals surface area (Å²) in [5, 5.41) is 0. The molecule has 0 radical (unpaired) electrons. The minimum Gasteiger partial charge on any atom is -0.382 e. The topological polar surface area (TPSA) is 55.6 Å². The zero-order valence-electron chi connectivity index (χ0n) is 12.8. The van der Waals surface area contributed by atoms with E-state index < -0.39 is 0 Å². The van der Waals surface area contributed by atoms with Crippen molar-refractivity contribution < 1.29 is 9.53 Å². The van der Waals surface area contributed by atoms with Crippen molar-refractivity contribution in [3.8, 4) is 0 Å². The Morgan fingerprint density at radius 3 is 2.50 bits per heavy atom. The van der Waals surface area contributed by atoms with Crippen LogP contribution in [0.2, 0.25) is 0 Å². The Hall–Kier alpha value is -1.39. The van der Waals surface area contributed by atoms with Crippen LogP contribution < -0.4 is 10.6 Å². The third-order valence-corrected chi connectivity index (χ3v) is 3.40. The van der Waals surface area contributed by atoms with Crippen LogP contribution in [0.3, 0.4) is 0 Å². The number of hydrogen-bond acceptors (Lipinski definition) is 3. The van der Waals surface area contributed by atoms with Crippen LogP contribution in [-0.4, -0.2) is 25.7 Å². The first-order chi connectivity index (χ1) is 9.62. The van der Waals surface area contributed by atoms with Gasteiger partial charge in [0.1, 0.15) is 0 Å². The predicted molar refractivity (Wildman–Crippen MR) is 82.7 cm³/mol. The summed E-state index contributed by atoms with van der Waals surface area (Å²) in [4.78, 5) is 14.2. The van der Waals surface area contributed by atoms with E-state index in [-0.39, 0.29) is 12.0 Å². The molecule has 0 heterocycles. The van der Waals surface area contributed by atoms with Crippen molar-refractivity contribution in [2.75, 3.05) is 18.6 Å². The lowest BCUT2D eigenvalue weighted by Gasteiger charge is -2.23. The number of carbonyl (C=O) groups is 1. The lowest BCUT2D eigenvalue weighted by atomic mass is 10.1. The molecule has 1 aromatic carbocycles. The molecule has 1 rings (SSSR count). The highest BCUT2D eigenvalue weighted by Gasteiger charge is 2.15. The van der Waals surface area contributed by atoms with Gasteiger partial charge in [-0.1, -0.05) is 19.1 Å². The summed E-state index contributed by atoms with van der Waals surface area (Å²) in [6, 6.07) is 7.89. The van der Waals surface area contributed by atoms with E-state index in [0.29, 0.717) is 13.0 Å². The first-order valence-corrected chi connectivity index (χ1v) is 7.24. The predicted octanol–water partition coefficient (Wildman–Crippen LogP) is 2.70. The number of nitrogens with zero attached hydrogens (tertiary/aromatic N) is 1. The number of ether oxygens (including phenoxy) is 1. The van der Waals surface area contributed by atoms with Gasteiger partial charge < -0.3 is 15.4 Å². The summed E-state index contributed by atoms with van der Waals surface area (Å²) in [7, 11) is 1.67. The fraction of sp³-hybridized carbons (Fsp3) is 0.562. The fourth-order valence-corrected chi connectivity index (χ4v) is 2.01. The molecule has 0 bridgehead atoms. The van der Waals surface area contributed by atoms with Gasteiger partial charge in [0.05, 0.1) is 6.10 Å². The van der Waals surface area contributed by atoms with Gasteiger partial charge in [0.15, 0.2) is 0 Å². The van der Waals surface area contributed by atoms with Crippen molar-refractivity contribution >= 4 is 11.6 Å². The normalized spacial score (nSPS) is 12.2. The quantitative estimate of drug-likeness (QED) is 0.795. The van der Waals surface area contributed by atoms with Crippen LogP contribution in [0.5, 0.6) is 0 Å². The second-order valence-electron chi connectivity index (χ2n) is 5.00. The Morgan fingerprint density at radius 1 is 1.35 bits per heavy atom. The lowest BCUT2D eigenvalue weighted by Crippen LogP contribution is -2.32. The van der Waals surface area contributed by atoms with E-state index in [4.69, 9.17) is 10.5 Å². The van der Waals surface area contributed by atoms with Gasteiger partial charge >= 0.3 is 0 Å².